The highest BCUT2D eigenvalue weighted by atomic mass is 16.7. The van der Waals surface area contributed by atoms with Crippen molar-refractivity contribution in [3.8, 4) is 0 Å². The Labute approximate surface area is 213 Å². The molecule has 12 heteroatoms. The van der Waals surface area contributed by atoms with Crippen molar-refractivity contribution in [2.45, 2.75) is 69.9 Å². The summed E-state index contributed by atoms with van der Waals surface area (Å²) in [5.74, 6) is -5.09. The van der Waals surface area contributed by atoms with E-state index < -0.39 is 73.2 Å². The molecule has 1 aromatic rings. The van der Waals surface area contributed by atoms with Crippen LogP contribution in [0, 0.1) is 5.92 Å². The van der Waals surface area contributed by atoms with Crippen molar-refractivity contribution >= 4 is 30.0 Å². The van der Waals surface area contributed by atoms with Crippen LogP contribution in [-0.2, 0) is 38.1 Å². The molecule has 204 valence electrons. The molecule has 1 saturated heterocycles. The number of rotatable bonds is 12. The van der Waals surface area contributed by atoms with Crippen LogP contribution in [0.25, 0.3) is 6.08 Å². The molecule has 6 atom stereocenters. The van der Waals surface area contributed by atoms with Gasteiger partial charge in [-0.25, -0.2) is 9.59 Å². The molecule has 0 spiro atoms. The smallest absolute Gasteiger partial charge is 0.336 e. The van der Waals surface area contributed by atoms with Crippen molar-refractivity contribution in [2.75, 3.05) is 6.61 Å². The zero-order valence-corrected chi connectivity index (χ0v) is 20.7. The average molecular weight is 525 g/mol. The summed E-state index contributed by atoms with van der Waals surface area (Å²) in [5.41, 5.74) is -1.64. The van der Waals surface area contributed by atoms with Gasteiger partial charge in [-0.1, -0.05) is 44.2 Å². The summed E-state index contributed by atoms with van der Waals surface area (Å²) >= 11 is 0. The second kappa shape index (κ2) is 13.3. The SMILES string of the molecule is CC(=O)OC[C@H]1O[C@@H](O[C@@](CC(=O)O)(CC(C)C)C(=O)O)[C@H](O)[C@@H](OC(=O)/C=C/c2ccccc2)[C@@H]1O. The number of hydrogen-bond donors (Lipinski definition) is 4. The van der Waals surface area contributed by atoms with E-state index in [1.54, 1.807) is 44.2 Å². The molecule has 1 aliphatic rings. The first-order valence-electron chi connectivity index (χ1n) is 11.6. The molecule has 1 heterocycles. The van der Waals surface area contributed by atoms with Crippen molar-refractivity contribution < 1.29 is 58.6 Å². The van der Waals surface area contributed by atoms with E-state index in [0.29, 0.717) is 5.56 Å². The van der Waals surface area contributed by atoms with Gasteiger partial charge in [-0.15, -0.1) is 0 Å². The van der Waals surface area contributed by atoms with Crippen LogP contribution in [0.2, 0.25) is 0 Å². The monoisotopic (exact) mass is 524 g/mol. The lowest BCUT2D eigenvalue weighted by Crippen LogP contribution is -2.63. The third kappa shape index (κ3) is 8.64. The zero-order valence-electron chi connectivity index (χ0n) is 20.7. The van der Waals surface area contributed by atoms with Gasteiger partial charge in [0.05, 0.1) is 6.42 Å². The average Bonchev–Trinajstić information content (AvgIpc) is 2.81. The Morgan fingerprint density at radius 1 is 1.08 bits per heavy atom. The van der Waals surface area contributed by atoms with Gasteiger partial charge in [-0.2, -0.15) is 0 Å². The molecular weight excluding hydrogens is 492 g/mol. The van der Waals surface area contributed by atoms with Crippen LogP contribution < -0.4 is 0 Å². The lowest BCUT2D eigenvalue weighted by molar-refractivity contribution is -0.327. The third-order valence-corrected chi connectivity index (χ3v) is 5.46. The highest BCUT2D eigenvalue weighted by Crippen LogP contribution is 2.33. The molecule has 0 aromatic heterocycles. The number of aliphatic carboxylic acids is 2. The number of aliphatic hydroxyl groups excluding tert-OH is 2. The van der Waals surface area contributed by atoms with Crippen molar-refractivity contribution in [1.29, 1.82) is 0 Å². The number of ether oxygens (including phenoxy) is 4. The molecule has 0 saturated carbocycles. The maximum Gasteiger partial charge on any atom is 0.336 e. The van der Waals surface area contributed by atoms with Crippen LogP contribution in [-0.4, -0.2) is 87.2 Å². The van der Waals surface area contributed by atoms with Gasteiger partial charge in [0.15, 0.2) is 18.0 Å². The topological polar surface area (TPSA) is 186 Å². The van der Waals surface area contributed by atoms with E-state index in [4.69, 9.17) is 18.9 Å². The van der Waals surface area contributed by atoms with Crippen molar-refractivity contribution in [2.24, 2.45) is 5.92 Å². The van der Waals surface area contributed by atoms with E-state index in [1.807, 2.05) is 0 Å². The molecule has 2 rings (SSSR count). The van der Waals surface area contributed by atoms with Crippen LogP contribution >= 0.6 is 0 Å². The molecule has 4 N–H and O–H groups in total. The Morgan fingerprint density at radius 3 is 2.27 bits per heavy atom. The van der Waals surface area contributed by atoms with Crippen molar-refractivity contribution in [3.63, 3.8) is 0 Å². The summed E-state index contributed by atoms with van der Waals surface area (Å²) in [6, 6.07) is 8.74. The predicted molar refractivity (Wildman–Crippen MR) is 126 cm³/mol. The lowest BCUT2D eigenvalue weighted by Gasteiger charge is -2.44. The second-order valence-corrected chi connectivity index (χ2v) is 9.06. The van der Waals surface area contributed by atoms with Gasteiger partial charge in [0.25, 0.3) is 0 Å². The first kappa shape index (κ1) is 29.9. The van der Waals surface area contributed by atoms with Gasteiger partial charge in [0, 0.05) is 13.0 Å². The number of aliphatic hydroxyl groups is 2. The number of esters is 2. The number of hydrogen-bond acceptors (Lipinski definition) is 10. The normalized spacial score (nSPS) is 25.4. The van der Waals surface area contributed by atoms with Gasteiger partial charge in [-0.3, -0.25) is 9.59 Å². The van der Waals surface area contributed by atoms with E-state index in [-0.39, 0.29) is 12.3 Å². The Balaban J connectivity index is 2.34. The lowest BCUT2D eigenvalue weighted by atomic mass is 9.88. The summed E-state index contributed by atoms with van der Waals surface area (Å²) in [6.07, 6.45) is -7.29. The van der Waals surface area contributed by atoms with Crippen LogP contribution in [0.4, 0.5) is 0 Å². The highest BCUT2D eigenvalue weighted by molar-refractivity contribution is 5.87. The fourth-order valence-electron chi connectivity index (χ4n) is 3.88. The fourth-order valence-corrected chi connectivity index (χ4v) is 3.88. The fraction of sp³-hybridized carbons (Fsp3) is 0.520. The molecule has 12 nitrogen and oxygen atoms in total. The van der Waals surface area contributed by atoms with Gasteiger partial charge in [0.2, 0.25) is 0 Å². The molecular formula is C25H32O12. The Hall–Kier alpha value is -3.32. The minimum atomic E-state index is -2.32. The minimum Gasteiger partial charge on any atom is -0.481 e. The second-order valence-electron chi connectivity index (χ2n) is 9.06. The number of carboxylic acids is 2. The first-order chi connectivity index (χ1) is 17.3. The molecule has 37 heavy (non-hydrogen) atoms. The van der Waals surface area contributed by atoms with Crippen molar-refractivity contribution in [3.05, 3.63) is 42.0 Å². The van der Waals surface area contributed by atoms with Crippen LogP contribution in [0.5, 0.6) is 0 Å². The highest BCUT2D eigenvalue weighted by Gasteiger charge is 2.53. The zero-order chi connectivity index (χ0) is 27.8. The van der Waals surface area contributed by atoms with Crippen LogP contribution in [0.15, 0.2) is 36.4 Å². The van der Waals surface area contributed by atoms with Gasteiger partial charge >= 0.3 is 23.9 Å². The molecule has 0 bridgehead atoms. The van der Waals surface area contributed by atoms with E-state index in [2.05, 4.69) is 0 Å². The van der Waals surface area contributed by atoms with E-state index >= 15 is 0 Å². The predicted octanol–water partition coefficient (Wildman–Crippen LogP) is 0.982. The Bertz CT molecular complexity index is 975. The maximum absolute atomic E-state index is 12.5. The van der Waals surface area contributed by atoms with Crippen LogP contribution in [0.1, 0.15) is 39.2 Å². The molecule has 0 amide bonds. The van der Waals surface area contributed by atoms with E-state index in [9.17, 15) is 39.6 Å². The molecule has 1 aliphatic heterocycles. The van der Waals surface area contributed by atoms with E-state index in [1.165, 1.54) is 6.08 Å². The van der Waals surface area contributed by atoms with Gasteiger partial charge in [0.1, 0.15) is 24.9 Å². The molecule has 0 aliphatic carbocycles. The Kier molecular flexibility index (Phi) is 10.7. The van der Waals surface area contributed by atoms with Gasteiger partial charge in [-0.05, 0) is 24.0 Å². The molecule has 1 fully saturated rings. The van der Waals surface area contributed by atoms with Gasteiger partial charge < -0.3 is 39.4 Å². The summed E-state index contributed by atoms with van der Waals surface area (Å²) in [5, 5.41) is 40.8. The summed E-state index contributed by atoms with van der Waals surface area (Å²) in [7, 11) is 0. The standard InChI is InChI=1S/C25H32O12/c1-14(2)11-25(24(32)33,12-18(27)28)37-23-21(31)22(20(30)17(35-23)13-34-15(3)26)36-19(29)10-9-16-7-5-4-6-8-16/h4-10,14,17,20-23,30-31H,11-13H2,1-3H3,(H,27,28)(H,32,33)/b10-9+/t17-,20-,21-,22+,23+,25-/m1/s1. The summed E-state index contributed by atoms with van der Waals surface area (Å²) in [4.78, 5) is 47.4. The largest absolute Gasteiger partial charge is 0.481 e. The molecule has 0 unspecified atom stereocenters. The molecule has 1 aromatic carbocycles. The Morgan fingerprint density at radius 2 is 1.73 bits per heavy atom. The summed E-state index contributed by atoms with van der Waals surface area (Å²) in [6.45, 7) is 3.87. The number of carbonyl (C=O) groups excluding carboxylic acids is 2. The number of benzene rings is 1. The number of carbonyl (C=O) groups is 4. The molecule has 0 radical (unpaired) electrons. The van der Waals surface area contributed by atoms with Crippen molar-refractivity contribution in [1.82, 2.24) is 0 Å². The first-order valence-corrected chi connectivity index (χ1v) is 11.6. The minimum absolute atomic E-state index is 0.261. The quantitative estimate of drug-likeness (QED) is 0.225. The third-order valence-electron chi connectivity index (χ3n) is 5.46. The summed E-state index contributed by atoms with van der Waals surface area (Å²) < 4.78 is 21.2. The number of carboxylic acid groups (broad SMARTS) is 2. The maximum atomic E-state index is 12.5. The van der Waals surface area contributed by atoms with Crippen LogP contribution in [0.3, 0.4) is 0 Å². The van der Waals surface area contributed by atoms with E-state index in [0.717, 1.165) is 13.0 Å².